The van der Waals surface area contributed by atoms with E-state index in [1.54, 1.807) is 0 Å². The van der Waals surface area contributed by atoms with Crippen molar-refractivity contribution in [3.05, 3.63) is 71.8 Å². The highest BCUT2D eigenvalue weighted by atomic mass is 16.5. The minimum Gasteiger partial charge on any atom is -0.461 e. The van der Waals surface area contributed by atoms with E-state index in [1.807, 2.05) is 67.6 Å². The number of ketones is 1. The van der Waals surface area contributed by atoms with Gasteiger partial charge < -0.3 is 30.0 Å². The molecule has 0 unspecified atom stereocenters. The summed E-state index contributed by atoms with van der Waals surface area (Å²) in [5.74, 6) is -1.77. The van der Waals surface area contributed by atoms with Gasteiger partial charge in [0.05, 0.1) is 25.3 Å². The lowest BCUT2D eigenvalue weighted by molar-refractivity contribution is -0.146. The van der Waals surface area contributed by atoms with Gasteiger partial charge in [0.25, 0.3) is 0 Å². The summed E-state index contributed by atoms with van der Waals surface area (Å²) in [5, 5.41) is 2.67. The molecule has 0 heterocycles. The number of hydrogen-bond donors (Lipinski definition) is 2. The lowest BCUT2D eigenvalue weighted by atomic mass is 10.0. The van der Waals surface area contributed by atoms with Crippen LogP contribution in [0.3, 0.4) is 0 Å². The molecule has 2 aromatic carbocycles. The van der Waals surface area contributed by atoms with Gasteiger partial charge in [-0.05, 0) is 36.8 Å². The van der Waals surface area contributed by atoms with Gasteiger partial charge in [-0.3, -0.25) is 19.2 Å². The van der Waals surface area contributed by atoms with E-state index >= 15 is 0 Å². The summed E-state index contributed by atoms with van der Waals surface area (Å²) in [6.07, 6.45) is 1.55. The number of esters is 2. The Hall–Kier alpha value is -3.60. The molecule has 0 spiro atoms. The Kier molecular flexibility index (Phi) is 17.4. The Balaban J connectivity index is 1.81. The van der Waals surface area contributed by atoms with E-state index in [9.17, 15) is 19.2 Å². The molecule has 0 radical (unpaired) electrons. The van der Waals surface area contributed by atoms with E-state index in [-0.39, 0.29) is 51.1 Å². The lowest BCUT2D eigenvalue weighted by Gasteiger charge is -2.20. The third-order valence-corrected chi connectivity index (χ3v) is 6.26. The van der Waals surface area contributed by atoms with Crippen molar-refractivity contribution in [2.24, 2.45) is 5.73 Å². The van der Waals surface area contributed by atoms with Crippen molar-refractivity contribution < 1.29 is 38.1 Å². The molecule has 0 saturated heterocycles. The van der Waals surface area contributed by atoms with E-state index < -0.39 is 29.9 Å². The average Bonchev–Trinajstić information content (AvgIpc) is 3.01. The van der Waals surface area contributed by atoms with Crippen molar-refractivity contribution in [3.63, 3.8) is 0 Å². The SMILES string of the molecule is CCCOCCOCCCC(=O)[C@H](CCC(=O)OCc1ccccc1)NC(=O)[C@@H](N)CCC(=O)OCc1ccccc1. The molecule has 2 rings (SSSR count). The van der Waals surface area contributed by atoms with Crippen LogP contribution in [0.25, 0.3) is 0 Å². The van der Waals surface area contributed by atoms with Gasteiger partial charge in [-0.15, -0.1) is 0 Å². The highest BCUT2D eigenvalue weighted by Crippen LogP contribution is 2.09. The largest absolute Gasteiger partial charge is 0.461 e. The fraction of sp³-hybridized carbons (Fsp3) is 0.500. The second-order valence-corrected chi connectivity index (χ2v) is 9.83. The van der Waals surface area contributed by atoms with Gasteiger partial charge in [0.15, 0.2) is 5.78 Å². The van der Waals surface area contributed by atoms with Crippen LogP contribution in [0, 0.1) is 0 Å². The molecular formula is C32H44N2O8. The van der Waals surface area contributed by atoms with Gasteiger partial charge in [-0.2, -0.15) is 0 Å². The molecule has 0 fully saturated rings. The monoisotopic (exact) mass is 584 g/mol. The van der Waals surface area contributed by atoms with Crippen LogP contribution in [0.2, 0.25) is 0 Å². The van der Waals surface area contributed by atoms with Crippen LogP contribution in [0.5, 0.6) is 0 Å². The van der Waals surface area contributed by atoms with E-state index in [0.29, 0.717) is 32.8 Å². The fourth-order valence-corrected chi connectivity index (χ4v) is 3.87. The van der Waals surface area contributed by atoms with Crippen molar-refractivity contribution in [1.82, 2.24) is 5.32 Å². The van der Waals surface area contributed by atoms with Crippen LogP contribution in [0.1, 0.15) is 63.0 Å². The quantitative estimate of drug-likeness (QED) is 0.157. The van der Waals surface area contributed by atoms with E-state index in [2.05, 4.69) is 5.32 Å². The smallest absolute Gasteiger partial charge is 0.306 e. The topological polar surface area (TPSA) is 143 Å². The van der Waals surface area contributed by atoms with Gasteiger partial charge in [0.1, 0.15) is 13.2 Å². The van der Waals surface area contributed by atoms with Crippen LogP contribution < -0.4 is 11.1 Å². The van der Waals surface area contributed by atoms with Crippen LogP contribution in [0.4, 0.5) is 0 Å². The molecule has 0 saturated carbocycles. The maximum atomic E-state index is 13.0. The zero-order valence-corrected chi connectivity index (χ0v) is 24.5. The second kappa shape index (κ2) is 21.2. The van der Waals surface area contributed by atoms with Gasteiger partial charge in [-0.25, -0.2) is 0 Å². The molecule has 0 aliphatic rings. The summed E-state index contributed by atoms with van der Waals surface area (Å²) in [5.41, 5.74) is 7.73. The summed E-state index contributed by atoms with van der Waals surface area (Å²) in [6, 6.07) is 16.6. The number of amides is 1. The molecule has 2 atom stereocenters. The molecule has 2 aromatic rings. The highest BCUT2D eigenvalue weighted by Gasteiger charge is 2.25. The summed E-state index contributed by atoms with van der Waals surface area (Å²) < 4.78 is 21.4. The summed E-state index contributed by atoms with van der Waals surface area (Å²) in [6.45, 7) is 4.24. The van der Waals surface area contributed by atoms with Crippen molar-refractivity contribution in [1.29, 1.82) is 0 Å². The van der Waals surface area contributed by atoms with Crippen molar-refractivity contribution in [2.45, 2.75) is 77.2 Å². The highest BCUT2D eigenvalue weighted by molar-refractivity contribution is 5.91. The van der Waals surface area contributed by atoms with Crippen molar-refractivity contribution in [3.8, 4) is 0 Å². The van der Waals surface area contributed by atoms with Gasteiger partial charge >= 0.3 is 11.9 Å². The lowest BCUT2D eigenvalue weighted by Crippen LogP contribution is -2.48. The standard InChI is InChI=1S/C32H44N2O8/c1-2-19-39-21-22-40-20-9-14-29(35)28(16-18-31(37)42-24-26-12-7-4-8-13-26)34-32(38)27(33)15-17-30(36)41-23-25-10-5-3-6-11-25/h3-8,10-13,27-28H,2,9,14-24,33H2,1H3,(H,34,38)/t27-,28-/m0/s1. The molecule has 1 amide bonds. The number of carbonyl (C=O) groups excluding carboxylic acids is 4. The maximum Gasteiger partial charge on any atom is 0.306 e. The summed E-state index contributed by atoms with van der Waals surface area (Å²) in [4.78, 5) is 50.3. The average molecular weight is 585 g/mol. The first-order chi connectivity index (χ1) is 20.4. The Morgan fingerprint density at radius 3 is 1.79 bits per heavy atom. The van der Waals surface area contributed by atoms with Crippen LogP contribution in [-0.2, 0) is 51.3 Å². The van der Waals surface area contributed by atoms with Crippen molar-refractivity contribution in [2.75, 3.05) is 26.4 Å². The number of nitrogens with two attached hydrogens (primary N) is 1. The molecule has 0 bridgehead atoms. The number of ether oxygens (including phenoxy) is 4. The number of nitrogens with one attached hydrogen (secondary N) is 1. The predicted molar refractivity (Wildman–Crippen MR) is 157 cm³/mol. The molecule has 10 nitrogen and oxygen atoms in total. The van der Waals surface area contributed by atoms with Crippen LogP contribution in [0.15, 0.2) is 60.7 Å². The Labute approximate surface area is 248 Å². The number of rotatable bonds is 22. The van der Waals surface area contributed by atoms with E-state index in [1.165, 1.54) is 0 Å². The zero-order valence-electron chi connectivity index (χ0n) is 24.5. The summed E-state index contributed by atoms with van der Waals surface area (Å²) >= 11 is 0. The number of hydrogen-bond acceptors (Lipinski definition) is 9. The number of carbonyl (C=O) groups is 4. The van der Waals surface area contributed by atoms with Gasteiger partial charge in [0, 0.05) is 32.5 Å². The minimum atomic E-state index is -1.03. The summed E-state index contributed by atoms with van der Waals surface area (Å²) in [7, 11) is 0. The number of Topliss-reactive ketones (excluding diaryl/α,β-unsaturated/α-hetero) is 1. The molecule has 230 valence electrons. The number of benzene rings is 2. The zero-order chi connectivity index (χ0) is 30.4. The molecule has 0 aromatic heterocycles. The normalized spacial score (nSPS) is 12.2. The van der Waals surface area contributed by atoms with Crippen LogP contribution >= 0.6 is 0 Å². The van der Waals surface area contributed by atoms with E-state index in [4.69, 9.17) is 24.7 Å². The first-order valence-corrected chi connectivity index (χ1v) is 14.5. The molecule has 10 heteroatoms. The Morgan fingerprint density at radius 1 is 0.714 bits per heavy atom. The molecule has 3 N–H and O–H groups in total. The Morgan fingerprint density at radius 2 is 1.24 bits per heavy atom. The molecule has 42 heavy (non-hydrogen) atoms. The second-order valence-electron chi connectivity index (χ2n) is 9.83. The van der Waals surface area contributed by atoms with Crippen LogP contribution in [-0.4, -0.2) is 62.1 Å². The first-order valence-electron chi connectivity index (χ1n) is 14.5. The fourth-order valence-electron chi connectivity index (χ4n) is 3.87. The van der Waals surface area contributed by atoms with Gasteiger partial charge in [-0.1, -0.05) is 67.6 Å². The Bertz CT molecular complexity index is 1060. The minimum absolute atomic E-state index is 0.0490. The molecule has 0 aliphatic heterocycles. The predicted octanol–water partition coefficient (Wildman–Crippen LogP) is 3.64. The molecular weight excluding hydrogens is 540 g/mol. The third-order valence-electron chi connectivity index (χ3n) is 6.26. The van der Waals surface area contributed by atoms with Crippen molar-refractivity contribution >= 4 is 23.6 Å². The third kappa shape index (κ3) is 15.4. The van der Waals surface area contributed by atoms with E-state index in [0.717, 1.165) is 17.5 Å². The first kappa shape index (κ1) is 34.6. The van der Waals surface area contributed by atoms with Gasteiger partial charge in [0.2, 0.25) is 5.91 Å². The molecule has 0 aliphatic carbocycles. The maximum absolute atomic E-state index is 13.0.